The van der Waals surface area contributed by atoms with Crippen LogP contribution in [0.15, 0.2) is 35.1 Å². The Bertz CT molecular complexity index is 1050. The van der Waals surface area contributed by atoms with E-state index in [9.17, 15) is 4.79 Å². The number of aromatic nitrogens is 2. The van der Waals surface area contributed by atoms with Crippen molar-refractivity contribution < 1.29 is 4.74 Å². The van der Waals surface area contributed by atoms with Crippen LogP contribution in [0.25, 0.3) is 10.2 Å². The van der Waals surface area contributed by atoms with Crippen molar-refractivity contribution in [1.82, 2.24) is 19.8 Å². The SMILES string of the molecule is O=c1[nH]c(CN2CCN(CCOc3ccccc3)CC2)nc2sc3c(c12)CCCC3. The first-order chi connectivity index (χ1) is 14.8. The summed E-state index contributed by atoms with van der Waals surface area (Å²) in [7, 11) is 0. The third-order valence-corrected chi connectivity index (χ3v) is 7.32. The summed E-state index contributed by atoms with van der Waals surface area (Å²) in [6.45, 7) is 6.34. The van der Waals surface area contributed by atoms with E-state index in [4.69, 9.17) is 9.72 Å². The number of piperazine rings is 1. The Morgan fingerprint density at radius 3 is 2.63 bits per heavy atom. The van der Waals surface area contributed by atoms with Crippen LogP contribution < -0.4 is 10.3 Å². The standard InChI is InChI=1S/C23H28N4O2S/c28-22-21-18-8-4-5-9-19(18)30-23(21)25-20(24-22)16-27-12-10-26(11-13-27)14-15-29-17-6-2-1-3-7-17/h1-3,6-7H,4-5,8-16H2,(H,24,25,28). The van der Waals surface area contributed by atoms with Gasteiger partial charge >= 0.3 is 0 Å². The molecule has 2 aromatic heterocycles. The molecule has 1 fully saturated rings. The van der Waals surface area contributed by atoms with Crippen molar-refractivity contribution >= 4 is 21.6 Å². The highest BCUT2D eigenvalue weighted by Gasteiger charge is 2.21. The molecule has 0 unspecified atom stereocenters. The summed E-state index contributed by atoms with van der Waals surface area (Å²) in [6.07, 6.45) is 4.53. The van der Waals surface area contributed by atoms with E-state index in [1.165, 1.54) is 23.3 Å². The van der Waals surface area contributed by atoms with E-state index in [0.29, 0.717) is 13.2 Å². The molecule has 1 aromatic carbocycles. The molecule has 0 atom stereocenters. The maximum Gasteiger partial charge on any atom is 0.259 e. The summed E-state index contributed by atoms with van der Waals surface area (Å²) >= 11 is 1.73. The smallest absolute Gasteiger partial charge is 0.259 e. The number of fused-ring (bicyclic) bond motifs is 3. The molecule has 6 nitrogen and oxygen atoms in total. The molecular weight excluding hydrogens is 396 g/mol. The Labute approximate surface area is 180 Å². The second-order valence-electron chi connectivity index (χ2n) is 8.18. The molecule has 0 bridgehead atoms. The van der Waals surface area contributed by atoms with Crippen LogP contribution in [0.4, 0.5) is 0 Å². The summed E-state index contributed by atoms with van der Waals surface area (Å²) in [6, 6.07) is 9.97. The Balaban J connectivity index is 1.16. The fourth-order valence-electron chi connectivity index (χ4n) is 4.48. The first-order valence-corrected chi connectivity index (χ1v) is 11.7. The Morgan fingerprint density at radius 2 is 1.80 bits per heavy atom. The summed E-state index contributed by atoms with van der Waals surface area (Å²) in [5.74, 6) is 1.73. The predicted molar refractivity (Wildman–Crippen MR) is 121 cm³/mol. The highest BCUT2D eigenvalue weighted by atomic mass is 32.1. The molecule has 2 aliphatic rings. The number of rotatable bonds is 6. The number of hydrogen-bond acceptors (Lipinski definition) is 6. The Hall–Kier alpha value is -2.22. The van der Waals surface area contributed by atoms with Gasteiger partial charge in [-0.1, -0.05) is 18.2 Å². The molecule has 3 aromatic rings. The number of ether oxygens (including phenoxy) is 1. The third-order valence-electron chi connectivity index (χ3n) is 6.13. The van der Waals surface area contributed by atoms with Crippen molar-refractivity contribution in [3.63, 3.8) is 0 Å². The van der Waals surface area contributed by atoms with Gasteiger partial charge < -0.3 is 9.72 Å². The number of aromatic amines is 1. The monoisotopic (exact) mass is 424 g/mol. The number of aryl methyl sites for hydroxylation is 2. The van der Waals surface area contributed by atoms with Gasteiger partial charge in [0, 0.05) is 37.6 Å². The lowest BCUT2D eigenvalue weighted by Crippen LogP contribution is -2.47. The molecule has 1 aliphatic heterocycles. The Morgan fingerprint density at radius 1 is 1.03 bits per heavy atom. The van der Waals surface area contributed by atoms with E-state index < -0.39 is 0 Å². The number of thiophene rings is 1. The number of hydrogen-bond donors (Lipinski definition) is 1. The van der Waals surface area contributed by atoms with E-state index in [0.717, 1.165) is 67.4 Å². The van der Waals surface area contributed by atoms with Crippen LogP contribution in [-0.4, -0.2) is 59.1 Å². The molecule has 5 rings (SSSR count). The zero-order chi connectivity index (χ0) is 20.3. The van der Waals surface area contributed by atoms with Crippen LogP contribution >= 0.6 is 11.3 Å². The minimum Gasteiger partial charge on any atom is -0.492 e. The maximum atomic E-state index is 12.7. The van der Waals surface area contributed by atoms with E-state index in [-0.39, 0.29) is 5.56 Å². The van der Waals surface area contributed by atoms with Gasteiger partial charge in [0.2, 0.25) is 0 Å². The van der Waals surface area contributed by atoms with E-state index in [1.807, 2.05) is 30.3 Å². The van der Waals surface area contributed by atoms with Crippen molar-refractivity contribution in [2.24, 2.45) is 0 Å². The minimum atomic E-state index is 0.0473. The Kier molecular flexibility index (Phi) is 5.84. The van der Waals surface area contributed by atoms with Gasteiger partial charge in [0.25, 0.3) is 5.56 Å². The molecule has 1 saturated heterocycles. The van der Waals surface area contributed by atoms with Gasteiger partial charge in [-0.15, -0.1) is 11.3 Å². The first-order valence-electron chi connectivity index (χ1n) is 10.9. The van der Waals surface area contributed by atoms with Crippen LogP contribution in [0.2, 0.25) is 0 Å². The van der Waals surface area contributed by atoms with Crippen molar-refractivity contribution in [2.45, 2.75) is 32.2 Å². The van der Waals surface area contributed by atoms with Crippen molar-refractivity contribution in [3.8, 4) is 5.75 Å². The van der Waals surface area contributed by atoms with Crippen LogP contribution in [-0.2, 0) is 19.4 Å². The lowest BCUT2D eigenvalue weighted by molar-refractivity contribution is 0.111. The molecule has 30 heavy (non-hydrogen) atoms. The molecule has 0 spiro atoms. The van der Waals surface area contributed by atoms with Gasteiger partial charge in [0.15, 0.2) is 0 Å². The van der Waals surface area contributed by atoms with Crippen LogP contribution in [0.1, 0.15) is 29.1 Å². The fraction of sp³-hybridized carbons (Fsp3) is 0.478. The number of para-hydroxylation sites is 1. The van der Waals surface area contributed by atoms with Crippen LogP contribution in [0.3, 0.4) is 0 Å². The van der Waals surface area contributed by atoms with Crippen molar-refractivity contribution in [2.75, 3.05) is 39.3 Å². The number of nitrogens with zero attached hydrogens (tertiary/aromatic N) is 3. The van der Waals surface area contributed by atoms with Gasteiger partial charge in [-0.25, -0.2) is 4.98 Å². The van der Waals surface area contributed by atoms with Gasteiger partial charge in [-0.3, -0.25) is 14.6 Å². The molecule has 0 saturated carbocycles. The predicted octanol–water partition coefficient (Wildman–Crippen LogP) is 3.06. The summed E-state index contributed by atoms with van der Waals surface area (Å²) in [5.41, 5.74) is 1.30. The van der Waals surface area contributed by atoms with Gasteiger partial charge in [0.05, 0.1) is 11.9 Å². The van der Waals surface area contributed by atoms with Gasteiger partial charge in [-0.2, -0.15) is 0 Å². The van der Waals surface area contributed by atoms with Crippen molar-refractivity contribution in [3.05, 3.63) is 57.0 Å². The molecule has 0 radical (unpaired) electrons. The largest absolute Gasteiger partial charge is 0.492 e. The zero-order valence-corrected chi connectivity index (χ0v) is 18.0. The van der Waals surface area contributed by atoms with Gasteiger partial charge in [0.1, 0.15) is 23.0 Å². The summed E-state index contributed by atoms with van der Waals surface area (Å²) in [4.78, 5) is 27.7. The lowest BCUT2D eigenvalue weighted by Gasteiger charge is -2.34. The molecular formula is C23H28N4O2S. The number of benzene rings is 1. The molecule has 7 heteroatoms. The van der Waals surface area contributed by atoms with Gasteiger partial charge in [-0.05, 0) is 43.4 Å². The maximum absolute atomic E-state index is 12.7. The quantitative estimate of drug-likeness (QED) is 0.659. The van der Waals surface area contributed by atoms with E-state index in [1.54, 1.807) is 11.3 Å². The normalized spacial score (nSPS) is 17.9. The average molecular weight is 425 g/mol. The molecule has 0 amide bonds. The summed E-state index contributed by atoms with van der Waals surface area (Å²) in [5, 5.41) is 0.849. The number of H-pyrrole nitrogens is 1. The molecule has 1 aliphatic carbocycles. The van der Waals surface area contributed by atoms with Crippen LogP contribution in [0.5, 0.6) is 5.75 Å². The number of nitrogens with one attached hydrogen (secondary N) is 1. The third kappa shape index (κ3) is 4.29. The fourth-order valence-corrected chi connectivity index (χ4v) is 5.76. The highest BCUT2D eigenvalue weighted by Crippen LogP contribution is 2.33. The molecule has 3 heterocycles. The highest BCUT2D eigenvalue weighted by molar-refractivity contribution is 7.18. The second-order valence-corrected chi connectivity index (χ2v) is 9.27. The zero-order valence-electron chi connectivity index (χ0n) is 17.2. The molecule has 158 valence electrons. The van der Waals surface area contributed by atoms with Crippen LogP contribution in [0, 0.1) is 0 Å². The van der Waals surface area contributed by atoms with Crippen molar-refractivity contribution in [1.29, 1.82) is 0 Å². The van der Waals surface area contributed by atoms with E-state index >= 15 is 0 Å². The topological polar surface area (TPSA) is 61.5 Å². The molecule has 1 N–H and O–H groups in total. The summed E-state index contributed by atoms with van der Waals surface area (Å²) < 4.78 is 5.82. The second kappa shape index (κ2) is 8.88. The van der Waals surface area contributed by atoms with E-state index in [2.05, 4.69) is 14.8 Å². The minimum absolute atomic E-state index is 0.0473. The first kappa shape index (κ1) is 19.7. The average Bonchev–Trinajstić information content (AvgIpc) is 3.14. The lowest BCUT2D eigenvalue weighted by atomic mass is 9.97.